The SMILES string of the molecule is CCCCOc1cc(C#N)ncc1I. The zero-order chi connectivity index (χ0) is 10.4. The Kier molecular flexibility index (Phi) is 4.66. The molecule has 0 aliphatic carbocycles. The molecule has 3 nitrogen and oxygen atoms in total. The fraction of sp³-hybridized carbons (Fsp3) is 0.400. The molecule has 1 rings (SSSR count). The number of nitriles is 1. The predicted molar refractivity (Wildman–Crippen MR) is 62.1 cm³/mol. The van der Waals surface area contributed by atoms with Crippen LogP contribution in [0.4, 0.5) is 0 Å². The number of ether oxygens (including phenoxy) is 1. The molecule has 74 valence electrons. The van der Waals surface area contributed by atoms with Crippen LogP contribution >= 0.6 is 22.6 Å². The lowest BCUT2D eigenvalue weighted by Gasteiger charge is -2.06. The number of hydrogen-bond donors (Lipinski definition) is 0. The van der Waals surface area contributed by atoms with E-state index in [4.69, 9.17) is 10.00 Å². The second-order valence-corrected chi connectivity index (χ2v) is 3.98. The summed E-state index contributed by atoms with van der Waals surface area (Å²) in [5, 5.41) is 8.65. The highest BCUT2D eigenvalue weighted by molar-refractivity contribution is 14.1. The van der Waals surface area contributed by atoms with Crippen molar-refractivity contribution in [3.63, 3.8) is 0 Å². The van der Waals surface area contributed by atoms with Gasteiger partial charge >= 0.3 is 0 Å². The molecule has 0 aliphatic rings. The molecule has 1 aromatic rings. The highest BCUT2D eigenvalue weighted by Crippen LogP contribution is 2.20. The summed E-state index contributed by atoms with van der Waals surface area (Å²) < 4.78 is 6.46. The van der Waals surface area contributed by atoms with E-state index in [2.05, 4.69) is 34.5 Å². The summed E-state index contributed by atoms with van der Waals surface area (Å²) in [7, 11) is 0. The molecule has 0 N–H and O–H groups in total. The molecule has 0 aromatic carbocycles. The number of nitrogens with zero attached hydrogens (tertiary/aromatic N) is 2. The molecule has 0 fully saturated rings. The number of hydrogen-bond acceptors (Lipinski definition) is 3. The van der Waals surface area contributed by atoms with Crippen LogP contribution in [0.2, 0.25) is 0 Å². The number of unbranched alkanes of at least 4 members (excludes halogenated alkanes) is 1. The molecule has 0 atom stereocenters. The van der Waals surface area contributed by atoms with Crippen LogP contribution in [0.25, 0.3) is 0 Å². The van der Waals surface area contributed by atoms with E-state index in [0.717, 1.165) is 22.2 Å². The van der Waals surface area contributed by atoms with Crippen LogP contribution in [-0.4, -0.2) is 11.6 Å². The highest BCUT2D eigenvalue weighted by Gasteiger charge is 2.03. The van der Waals surface area contributed by atoms with Crippen molar-refractivity contribution in [3.8, 4) is 11.8 Å². The van der Waals surface area contributed by atoms with Crippen molar-refractivity contribution in [1.82, 2.24) is 4.98 Å². The summed E-state index contributed by atoms with van der Waals surface area (Å²) in [6.45, 7) is 2.81. The first-order valence-corrected chi connectivity index (χ1v) is 5.54. The second-order valence-electron chi connectivity index (χ2n) is 2.81. The lowest BCUT2D eigenvalue weighted by Crippen LogP contribution is -1.99. The molecule has 0 radical (unpaired) electrons. The maximum atomic E-state index is 8.65. The van der Waals surface area contributed by atoms with Crippen LogP contribution in [0.5, 0.6) is 5.75 Å². The van der Waals surface area contributed by atoms with Crippen molar-refractivity contribution in [2.24, 2.45) is 0 Å². The Balaban J connectivity index is 2.70. The highest BCUT2D eigenvalue weighted by atomic mass is 127. The average Bonchev–Trinajstić information content (AvgIpc) is 2.21. The van der Waals surface area contributed by atoms with Gasteiger partial charge in [0.2, 0.25) is 0 Å². The fourth-order valence-corrected chi connectivity index (χ4v) is 1.37. The second kappa shape index (κ2) is 5.81. The molecule has 1 heterocycles. The summed E-state index contributed by atoms with van der Waals surface area (Å²) in [5.74, 6) is 0.755. The van der Waals surface area contributed by atoms with E-state index in [1.807, 2.05) is 6.07 Å². The summed E-state index contributed by atoms with van der Waals surface area (Å²) >= 11 is 2.15. The van der Waals surface area contributed by atoms with Crippen molar-refractivity contribution in [3.05, 3.63) is 21.5 Å². The number of aromatic nitrogens is 1. The Morgan fingerprint density at radius 3 is 3.07 bits per heavy atom. The normalized spacial score (nSPS) is 9.50. The Morgan fingerprint density at radius 1 is 1.64 bits per heavy atom. The van der Waals surface area contributed by atoms with Crippen molar-refractivity contribution in [1.29, 1.82) is 5.26 Å². The van der Waals surface area contributed by atoms with Gasteiger partial charge in [0.1, 0.15) is 17.5 Å². The molecule has 14 heavy (non-hydrogen) atoms. The van der Waals surface area contributed by atoms with Gasteiger partial charge in [0.05, 0.1) is 10.2 Å². The molecule has 0 unspecified atom stereocenters. The molecule has 0 spiro atoms. The van der Waals surface area contributed by atoms with Gasteiger partial charge in [0.15, 0.2) is 0 Å². The van der Waals surface area contributed by atoms with Crippen LogP contribution in [0.15, 0.2) is 12.3 Å². The van der Waals surface area contributed by atoms with Gasteiger partial charge in [-0.3, -0.25) is 0 Å². The lowest BCUT2D eigenvalue weighted by molar-refractivity contribution is 0.307. The number of pyridine rings is 1. The van der Waals surface area contributed by atoms with Gasteiger partial charge in [-0.1, -0.05) is 13.3 Å². The van der Waals surface area contributed by atoms with Crippen LogP contribution in [0.3, 0.4) is 0 Å². The molecule has 4 heteroatoms. The minimum atomic E-state index is 0.400. The molecule has 0 bridgehead atoms. The van der Waals surface area contributed by atoms with Crippen LogP contribution < -0.4 is 4.74 Å². The number of rotatable bonds is 4. The standard InChI is InChI=1S/C10H11IN2O/c1-2-3-4-14-10-5-8(6-12)13-7-9(10)11/h5,7H,2-4H2,1H3. The Bertz CT molecular complexity index is 346. The maximum absolute atomic E-state index is 8.65. The van der Waals surface area contributed by atoms with Gasteiger partial charge in [-0.25, -0.2) is 4.98 Å². The first-order valence-electron chi connectivity index (χ1n) is 4.46. The summed E-state index contributed by atoms with van der Waals surface area (Å²) in [4.78, 5) is 3.94. The van der Waals surface area contributed by atoms with E-state index >= 15 is 0 Å². The summed E-state index contributed by atoms with van der Waals surface area (Å²) in [6, 6.07) is 3.67. The van der Waals surface area contributed by atoms with E-state index in [9.17, 15) is 0 Å². The maximum Gasteiger partial charge on any atom is 0.144 e. The minimum absolute atomic E-state index is 0.400. The molecule has 1 aromatic heterocycles. The van der Waals surface area contributed by atoms with Gasteiger partial charge in [-0.05, 0) is 29.0 Å². The van der Waals surface area contributed by atoms with E-state index in [1.54, 1.807) is 12.3 Å². The van der Waals surface area contributed by atoms with Crippen LogP contribution in [0.1, 0.15) is 25.5 Å². The van der Waals surface area contributed by atoms with Gasteiger partial charge in [-0.15, -0.1) is 0 Å². The topological polar surface area (TPSA) is 45.9 Å². The monoisotopic (exact) mass is 302 g/mol. The van der Waals surface area contributed by atoms with Crippen molar-refractivity contribution >= 4 is 22.6 Å². The zero-order valence-corrected chi connectivity index (χ0v) is 10.1. The van der Waals surface area contributed by atoms with Crippen LogP contribution in [-0.2, 0) is 0 Å². The van der Waals surface area contributed by atoms with Gasteiger partial charge in [0, 0.05) is 12.3 Å². The fourth-order valence-electron chi connectivity index (χ4n) is 0.918. The van der Waals surface area contributed by atoms with E-state index in [-0.39, 0.29) is 0 Å². The van der Waals surface area contributed by atoms with Gasteiger partial charge < -0.3 is 4.74 Å². The lowest BCUT2D eigenvalue weighted by atomic mass is 10.3. The molecular weight excluding hydrogens is 291 g/mol. The minimum Gasteiger partial charge on any atom is -0.492 e. The third-order valence-electron chi connectivity index (χ3n) is 1.69. The predicted octanol–water partition coefficient (Wildman–Crippen LogP) is 2.74. The summed E-state index contributed by atoms with van der Waals surface area (Å²) in [5.41, 5.74) is 0.400. The van der Waals surface area contributed by atoms with Gasteiger partial charge in [-0.2, -0.15) is 5.26 Å². The number of halogens is 1. The molecule has 0 amide bonds. The Hall–Kier alpha value is -0.830. The average molecular weight is 302 g/mol. The molecule has 0 saturated carbocycles. The van der Waals surface area contributed by atoms with Crippen molar-refractivity contribution in [2.45, 2.75) is 19.8 Å². The third-order valence-corrected chi connectivity index (χ3v) is 2.50. The first kappa shape index (κ1) is 11.2. The third kappa shape index (κ3) is 3.14. The van der Waals surface area contributed by atoms with E-state index < -0.39 is 0 Å². The van der Waals surface area contributed by atoms with Crippen molar-refractivity contribution in [2.75, 3.05) is 6.61 Å². The molecule has 0 aliphatic heterocycles. The Labute approximate surface area is 97.2 Å². The van der Waals surface area contributed by atoms with E-state index in [0.29, 0.717) is 12.3 Å². The largest absolute Gasteiger partial charge is 0.492 e. The van der Waals surface area contributed by atoms with Crippen LogP contribution in [0, 0.1) is 14.9 Å². The van der Waals surface area contributed by atoms with Gasteiger partial charge in [0.25, 0.3) is 0 Å². The van der Waals surface area contributed by atoms with Crippen molar-refractivity contribution < 1.29 is 4.74 Å². The first-order chi connectivity index (χ1) is 6.77. The Morgan fingerprint density at radius 2 is 2.43 bits per heavy atom. The molecule has 0 saturated heterocycles. The smallest absolute Gasteiger partial charge is 0.144 e. The zero-order valence-electron chi connectivity index (χ0n) is 7.96. The quantitative estimate of drug-likeness (QED) is 0.634. The molecular formula is C10H11IN2O. The summed E-state index contributed by atoms with van der Waals surface area (Å²) in [6.07, 6.45) is 3.79. The van der Waals surface area contributed by atoms with E-state index in [1.165, 1.54) is 0 Å².